The van der Waals surface area contributed by atoms with Gasteiger partial charge in [0.1, 0.15) is 0 Å². The molecule has 29 rings (SSSR count). The van der Waals surface area contributed by atoms with E-state index in [0.717, 1.165) is 134 Å². The normalized spacial score (nSPS) is 11.6. The van der Waals surface area contributed by atoms with Gasteiger partial charge in [-0.05, 0) is 155 Å². The molecule has 0 saturated carbocycles. The molecule has 0 bridgehead atoms. The van der Waals surface area contributed by atoms with E-state index < -0.39 is 0 Å². The molecule has 12 heteroatoms. The van der Waals surface area contributed by atoms with Gasteiger partial charge in [0.25, 0.3) is 0 Å². The van der Waals surface area contributed by atoms with Crippen LogP contribution in [0.1, 0.15) is 0 Å². The van der Waals surface area contributed by atoms with Gasteiger partial charge in [-0.2, -0.15) is 0 Å². The lowest BCUT2D eigenvalue weighted by atomic mass is 10.0. The first-order valence-electron chi connectivity index (χ1n) is 48.6. The maximum atomic E-state index is 5.35. The molecule has 0 atom stereocenters. The number of hydrogen-bond acceptors (Lipinski definition) is 7. The van der Waals surface area contributed by atoms with Crippen LogP contribution < -0.4 is 0 Å². The van der Waals surface area contributed by atoms with Crippen LogP contribution in [0.15, 0.2) is 516 Å². The third-order valence-corrected chi connectivity index (χ3v) is 29.2. The summed E-state index contributed by atoms with van der Waals surface area (Å²) in [4.78, 5) is 31.4. The Morgan fingerprint density at radius 3 is 0.812 bits per heavy atom. The second-order valence-electron chi connectivity index (χ2n) is 36.4. The molecule has 29 aromatic rings. The average Bonchev–Trinajstić information content (AvgIpc) is 1.59. The van der Waals surface area contributed by atoms with Crippen molar-refractivity contribution in [2.45, 2.75) is 0 Å². The predicted octanol–water partition coefficient (Wildman–Crippen LogP) is 34.3. The summed E-state index contributed by atoms with van der Waals surface area (Å²) < 4.78 is 13.9. The first kappa shape index (κ1) is 84.2. The summed E-state index contributed by atoms with van der Waals surface area (Å²) in [6.45, 7) is 0. The zero-order chi connectivity index (χ0) is 95.1. The van der Waals surface area contributed by atoms with Gasteiger partial charge >= 0.3 is 0 Å². The molecule has 0 fully saturated rings. The van der Waals surface area contributed by atoms with Gasteiger partial charge in [-0.15, -0.1) is 11.3 Å². The van der Waals surface area contributed by atoms with Gasteiger partial charge in [-0.3, -0.25) is 13.7 Å². The molecule has 674 valence electrons. The Balaban J connectivity index is 0.000000108. The number of rotatable bonds is 14. The molecule has 0 spiro atoms. The molecular formula is C132H85N11S. The van der Waals surface area contributed by atoms with Crippen molar-refractivity contribution in [2.24, 2.45) is 0 Å². The lowest BCUT2D eigenvalue weighted by Crippen LogP contribution is -2.04. The van der Waals surface area contributed by atoms with E-state index in [2.05, 4.69) is 508 Å². The van der Waals surface area contributed by atoms with Crippen LogP contribution in [0.25, 0.3) is 259 Å². The van der Waals surface area contributed by atoms with Crippen LogP contribution in [-0.4, -0.2) is 52.7 Å². The van der Waals surface area contributed by atoms with E-state index in [1.165, 1.54) is 107 Å². The molecule has 144 heavy (non-hydrogen) atoms. The van der Waals surface area contributed by atoms with E-state index in [4.69, 9.17) is 29.9 Å². The molecule has 0 saturated heterocycles. The second-order valence-corrected chi connectivity index (χ2v) is 37.4. The van der Waals surface area contributed by atoms with Gasteiger partial charge in [0.05, 0.1) is 89.3 Å². The van der Waals surface area contributed by atoms with Crippen LogP contribution in [0.4, 0.5) is 0 Å². The molecular weight excluding hydrogens is 1770 g/mol. The fraction of sp³-hybridized carbons (Fsp3) is 0. The van der Waals surface area contributed by atoms with Crippen molar-refractivity contribution in [3.05, 3.63) is 516 Å². The molecule has 0 N–H and O–H groups in total. The van der Waals surface area contributed by atoms with Gasteiger partial charge in [0.15, 0.2) is 0 Å². The van der Waals surface area contributed by atoms with Crippen molar-refractivity contribution in [1.82, 2.24) is 52.7 Å². The lowest BCUT2D eigenvalue weighted by Gasteiger charge is -2.13. The topological polar surface area (TPSA) is 102 Å². The Kier molecular flexibility index (Phi) is 20.9. The van der Waals surface area contributed by atoms with E-state index in [9.17, 15) is 0 Å². The highest BCUT2D eigenvalue weighted by Crippen LogP contribution is 2.46. The number of para-hydroxylation sites is 7. The summed E-state index contributed by atoms with van der Waals surface area (Å²) in [5.74, 6) is 1.96. The van der Waals surface area contributed by atoms with Crippen molar-refractivity contribution in [1.29, 1.82) is 0 Å². The van der Waals surface area contributed by atoms with Crippen molar-refractivity contribution < 1.29 is 0 Å². The Morgan fingerprint density at radius 1 is 0.139 bits per heavy atom. The summed E-state index contributed by atoms with van der Waals surface area (Å²) in [7, 11) is 0. The summed E-state index contributed by atoms with van der Waals surface area (Å²) in [6.07, 6.45) is 0. The standard InChI is InChI=1S/2C46H30N4.C40H25N3S/c1-4-14-31(15-5-1)40-30-41(32-16-6-2-7-17-32)48-46(47-40)50-43-23-13-11-21-37(43)39-29-34(25-27-45(39)50)33-24-26-44-38(28-33)36-20-10-12-22-42(36)49(44)35-18-8-3-9-19-35;1-3-14-31(15-4-1)40-30-41(32-16-5-2-6-17-32)48-46(47-40)50-44-25-12-9-22-38(44)39-27-26-34(29-45(39)50)33-18-13-19-35(28-33)49-42-23-10-7-20-36(42)37-21-8-11-24-43(37)49;1-3-12-26(13-4-1)28-22-23-30-29-16-7-9-20-36(29)43(37(30)24-28)40-41-34(27-14-5-2-6-15-27)25-35(42-40)33-19-11-18-32-31-17-8-10-21-38(31)44-39(32)33/h2*1-30H;1-25H. The van der Waals surface area contributed by atoms with Crippen molar-refractivity contribution in [3.8, 4) is 130 Å². The molecule has 9 heterocycles. The van der Waals surface area contributed by atoms with Crippen LogP contribution in [0, 0.1) is 0 Å². The first-order chi connectivity index (χ1) is 71.4. The monoisotopic (exact) mass is 1860 g/mol. The highest BCUT2D eigenvalue weighted by molar-refractivity contribution is 7.26. The minimum absolute atomic E-state index is 0.646. The summed E-state index contributed by atoms with van der Waals surface area (Å²) in [5.41, 5.74) is 32.3. The van der Waals surface area contributed by atoms with Crippen LogP contribution in [-0.2, 0) is 0 Å². The number of fused-ring (bicyclic) bond motifs is 18. The predicted molar refractivity (Wildman–Crippen MR) is 600 cm³/mol. The molecule has 20 aromatic carbocycles. The van der Waals surface area contributed by atoms with E-state index in [0.29, 0.717) is 17.8 Å². The van der Waals surface area contributed by atoms with Crippen molar-refractivity contribution in [3.63, 3.8) is 0 Å². The van der Waals surface area contributed by atoms with Gasteiger partial charge in [-0.25, -0.2) is 29.9 Å². The molecule has 0 aliphatic carbocycles. The van der Waals surface area contributed by atoms with Gasteiger partial charge in [0.2, 0.25) is 17.8 Å². The molecule has 0 aliphatic rings. The Bertz CT molecular complexity index is 9860. The number of benzene rings is 20. The average molecular weight is 1860 g/mol. The van der Waals surface area contributed by atoms with Crippen LogP contribution in [0.2, 0.25) is 0 Å². The van der Waals surface area contributed by atoms with Crippen LogP contribution in [0.3, 0.4) is 0 Å². The van der Waals surface area contributed by atoms with Gasteiger partial charge in [0, 0.05) is 119 Å². The summed E-state index contributed by atoms with van der Waals surface area (Å²) >= 11 is 1.83. The van der Waals surface area contributed by atoms with Gasteiger partial charge in [-0.1, -0.05) is 394 Å². The largest absolute Gasteiger partial charge is 0.309 e. The van der Waals surface area contributed by atoms with Gasteiger partial charge < -0.3 is 9.13 Å². The third kappa shape index (κ3) is 14.9. The number of hydrogen-bond donors (Lipinski definition) is 0. The maximum Gasteiger partial charge on any atom is 0.235 e. The quantitative estimate of drug-likeness (QED) is 0.107. The molecule has 9 aromatic heterocycles. The minimum Gasteiger partial charge on any atom is -0.309 e. The fourth-order valence-corrected chi connectivity index (χ4v) is 22.5. The van der Waals surface area contributed by atoms with Crippen molar-refractivity contribution in [2.75, 3.05) is 0 Å². The fourth-order valence-electron chi connectivity index (χ4n) is 21.2. The highest BCUT2D eigenvalue weighted by atomic mass is 32.1. The number of thiophene rings is 1. The zero-order valence-corrected chi connectivity index (χ0v) is 78.7. The minimum atomic E-state index is 0.646. The van der Waals surface area contributed by atoms with Crippen LogP contribution >= 0.6 is 11.3 Å². The van der Waals surface area contributed by atoms with E-state index >= 15 is 0 Å². The molecule has 0 amide bonds. The zero-order valence-electron chi connectivity index (χ0n) is 77.9. The first-order valence-corrected chi connectivity index (χ1v) is 49.4. The Morgan fingerprint density at radius 2 is 0.396 bits per heavy atom. The maximum absolute atomic E-state index is 5.35. The van der Waals surface area contributed by atoms with E-state index in [-0.39, 0.29) is 0 Å². The third-order valence-electron chi connectivity index (χ3n) is 27.9. The van der Waals surface area contributed by atoms with E-state index in [1.807, 2.05) is 41.7 Å². The molecule has 11 nitrogen and oxygen atoms in total. The van der Waals surface area contributed by atoms with Crippen molar-refractivity contribution >= 4 is 141 Å². The molecule has 0 unspecified atom stereocenters. The Hall–Kier alpha value is -19.1. The highest BCUT2D eigenvalue weighted by Gasteiger charge is 2.26. The van der Waals surface area contributed by atoms with E-state index in [1.54, 1.807) is 0 Å². The number of nitrogens with zero attached hydrogens (tertiary/aromatic N) is 11. The number of aromatic nitrogens is 11. The van der Waals surface area contributed by atoms with Crippen LogP contribution in [0.5, 0.6) is 0 Å². The Labute approximate surface area is 833 Å². The summed E-state index contributed by atoms with van der Waals surface area (Å²) in [6, 6.07) is 182. The summed E-state index contributed by atoms with van der Waals surface area (Å²) in [5, 5.41) is 14.6. The SMILES string of the molecule is c1ccc(-c2cc(-c3ccccc3)nc(-n3c4ccccc4c4cc(-c5ccc6c(c5)c5ccccc5n6-c5ccccc5)ccc43)n2)cc1.c1ccc(-c2cc(-c3ccccc3)nc(-n3c4ccccc4c4ccc(-c5cccc(-n6c7ccccc7c7ccccc76)c5)cc43)n2)cc1.c1ccc(-c2ccc3c4ccccc4n(-c4nc(-c5ccccc5)cc(-c5cccc6c5sc5ccccc56)n4)c3c2)cc1. The lowest BCUT2D eigenvalue weighted by molar-refractivity contribution is 0.995. The second kappa shape index (κ2) is 35.7. The molecule has 0 radical (unpaired) electrons. The smallest absolute Gasteiger partial charge is 0.235 e. The molecule has 0 aliphatic heterocycles.